The molecule has 0 spiro atoms. The average Bonchev–Trinajstić information content (AvgIpc) is 2.76. The van der Waals surface area contributed by atoms with E-state index in [1.54, 1.807) is 0 Å². The number of benzene rings is 2. The molecule has 3 rings (SSSR count). The molecule has 0 saturated heterocycles. The SMILES string of the molecule is O=C1Nc2ccc(Br)cc2/C1=C/C=C/c1ccccc1. The van der Waals surface area contributed by atoms with E-state index in [0.717, 1.165) is 21.3 Å². The van der Waals surface area contributed by atoms with Gasteiger partial charge in [0.05, 0.1) is 0 Å². The van der Waals surface area contributed by atoms with E-state index in [0.29, 0.717) is 5.57 Å². The van der Waals surface area contributed by atoms with Gasteiger partial charge in [-0.15, -0.1) is 0 Å². The molecular formula is C17H12BrNO. The first-order chi connectivity index (χ1) is 9.74. The molecule has 0 saturated carbocycles. The van der Waals surface area contributed by atoms with Crippen molar-refractivity contribution in [1.29, 1.82) is 0 Å². The molecule has 1 heterocycles. The Morgan fingerprint density at radius 1 is 1.05 bits per heavy atom. The van der Waals surface area contributed by atoms with Crippen molar-refractivity contribution in [3.05, 3.63) is 76.3 Å². The number of rotatable bonds is 2. The first-order valence-electron chi connectivity index (χ1n) is 6.29. The van der Waals surface area contributed by atoms with Gasteiger partial charge in [0.15, 0.2) is 0 Å². The number of amides is 1. The second kappa shape index (κ2) is 5.47. The van der Waals surface area contributed by atoms with Gasteiger partial charge in [-0.1, -0.05) is 58.4 Å². The first kappa shape index (κ1) is 12.9. The number of carbonyl (C=O) groups excluding carboxylic acids is 1. The Morgan fingerprint density at radius 2 is 1.85 bits per heavy atom. The standard InChI is InChI=1S/C17H12BrNO/c18-13-9-10-16-15(11-13)14(17(20)19-16)8-4-7-12-5-2-1-3-6-12/h1-11H,(H,19,20)/b7-4+,14-8-. The van der Waals surface area contributed by atoms with Crippen LogP contribution in [-0.4, -0.2) is 5.91 Å². The number of hydrogen-bond acceptors (Lipinski definition) is 1. The summed E-state index contributed by atoms with van der Waals surface area (Å²) in [4.78, 5) is 12.0. The highest BCUT2D eigenvalue weighted by Crippen LogP contribution is 2.33. The lowest BCUT2D eigenvalue weighted by atomic mass is 10.1. The lowest BCUT2D eigenvalue weighted by molar-refractivity contribution is -0.110. The molecule has 0 atom stereocenters. The maximum atomic E-state index is 12.0. The second-order valence-electron chi connectivity index (χ2n) is 4.49. The summed E-state index contributed by atoms with van der Waals surface area (Å²) in [6.07, 6.45) is 5.73. The maximum absolute atomic E-state index is 12.0. The van der Waals surface area contributed by atoms with Crippen LogP contribution in [0.1, 0.15) is 11.1 Å². The van der Waals surface area contributed by atoms with Gasteiger partial charge in [0.1, 0.15) is 0 Å². The molecule has 1 aliphatic rings. The number of hydrogen-bond donors (Lipinski definition) is 1. The zero-order valence-electron chi connectivity index (χ0n) is 10.6. The molecule has 1 N–H and O–H groups in total. The molecule has 1 amide bonds. The molecule has 0 radical (unpaired) electrons. The quantitative estimate of drug-likeness (QED) is 0.809. The Kier molecular flexibility index (Phi) is 3.52. The minimum atomic E-state index is -0.0594. The van der Waals surface area contributed by atoms with Crippen LogP contribution in [0.2, 0.25) is 0 Å². The second-order valence-corrected chi connectivity index (χ2v) is 5.41. The number of anilines is 1. The minimum absolute atomic E-state index is 0.0594. The third kappa shape index (κ3) is 2.58. The van der Waals surface area contributed by atoms with Crippen LogP contribution in [0.4, 0.5) is 5.69 Å². The fourth-order valence-electron chi connectivity index (χ4n) is 2.15. The fourth-order valence-corrected chi connectivity index (χ4v) is 2.51. The number of allylic oxidation sites excluding steroid dienone is 2. The maximum Gasteiger partial charge on any atom is 0.256 e. The number of nitrogens with one attached hydrogen (secondary N) is 1. The third-order valence-corrected chi connectivity index (χ3v) is 3.61. The summed E-state index contributed by atoms with van der Waals surface area (Å²) < 4.78 is 0.964. The summed E-state index contributed by atoms with van der Waals surface area (Å²) in [5, 5.41) is 2.86. The summed E-state index contributed by atoms with van der Waals surface area (Å²) >= 11 is 3.43. The van der Waals surface area contributed by atoms with Crippen LogP contribution >= 0.6 is 15.9 Å². The van der Waals surface area contributed by atoms with E-state index < -0.39 is 0 Å². The van der Waals surface area contributed by atoms with Gasteiger partial charge < -0.3 is 5.32 Å². The van der Waals surface area contributed by atoms with Crippen LogP contribution in [0.3, 0.4) is 0 Å². The Labute approximate surface area is 126 Å². The fraction of sp³-hybridized carbons (Fsp3) is 0. The van der Waals surface area contributed by atoms with Crippen molar-refractivity contribution in [3.63, 3.8) is 0 Å². The highest BCUT2D eigenvalue weighted by molar-refractivity contribution is 9.10. The summed E-state index contributed by atoms with van der Waals surface area (Å²) in [5.41, 5.74) is 3.59. The van der Waals surface area contributed by atoms with Crippen LogP contribution in [0.5, 0.6) is 0 Å². The Bertz CT molecular complexity index is 717. The molecule has 98 valence electrons. The van der Waals surface area contributed by atoms with Gasteiger partial charge in [-0.3, -0.25) is 4.79 Å². The van der Waals surface area contributed by atoms with Crippen molar-refractivity contribution in [2.24, 2.45) is 0 Å². The van der Waals surface area contributed by atoms with E-state index in [1.165, 1.54) is 0 Å². The van der Waals surface area contributed by atoms with Crippen LogP contribution in [0.15, 0.2) is 65.2 Å². The number of carbonyl (C=O) groups is 1. The lowest BCUT2D eigenvalue weighted by Gasteiger charge is -1.98. The van der Waals surface area contributed by atoms with E-state index >= 15 is 0 Å². The minimum Gasteiger partial charge on any atom is -0.321 e. The van der Waals surface area contributed by atoms with Gasteiger partial charge in [-0.05, 0) is 29.8 Å². The molecule has 2 aromatic carbocycles. The molecular weight excluding hydrogens is 314 g/mol. The molecule has 0 fully saturated rings. The summed E-state index contributed by atoms with van der Waals surface area (Å²) in [5.74, 6) is -0.0594. The lowest BCUT2D eigenvalue weighted by Crippen LogP contribution is -2.03. The van der Waals surface area contributed by atoms with E-state index in [-0.39, 0.29) is 5.91 Å². The molecule has 0 bridgehead atoms. The van der Waals surface area contributed by atoms with Crippen molar-refractivity contribution >= 4 is 39.2 Å². The highest BCUT2D eigenvalue weighted by Gasteiger charge is 2.23. The third-order valence-electron chi connectivity index (χ3n) is 3.12. The summed E-state index contributed by atoms with van der Waals surface area (Å²) in [7, 11) is 0. The van der Waals surface area contributed by atoms with Crippen molar-refractivity contribution in [3.8, 4) is 0 Å². The summed E-state index contributed by atoms with van der Waals surface area (Å²) in [6, 6.07) is 15.8. The van der Waals surface area contributed by atoms with Gasteiger partial charge >= 0.3 is 0 Å². The smallest absolute Gasteiger partial charge is 0.256 e. The zero-order valence-corrected chi connectivity index (χ0v) is 12.2. The Balaban J connectivity index is 1.91. The molecule has 20 heavy (non-hydrogen) atoms. The van der Waals surface area contributed by atoms with E-state index in [9.17, 15) is 4.79 Å². The van der Waals surface area contributed by atoms with Crippen molar-refractivity contribution in [2.75, 3.05) is 5.32 Å². The predicted molar refractivity (Wildman–Crippen MR) is 86.2 cm³/mol. The number of halogens is 1. The van der Waals surface area contributed by atoms with E-state index in [2.05, 4.69) is 21.2 Å². The largest absolute Gasteiger partial charge is 0.321 e. The van der Waals surface area contributed by atoms with E-state index in [4.69, 9.17) is 0 Å². The van der Waals surface area contributed by atoms with Crippen LogP contribution < -0.4 is 5.32 Å². The van der Waals surface area contributed by atoms with E-state index in [1.807, 2.05) is 66.8 Å². The first-order valence-corrected chi connectivity index (χ1v) is 7.08. The van der Waals surface area contributed by atoms with Crippen molar-refractivity contribution in [2.45, 2.75) is 0 Å². The molecule has 3 heteroatoms. The van der Waals surface area contributed by atoms with Gasteiger partial charge in [0.2, 0.25) is 0 Å². The number of fused-ring (bicyclic) bond motifs is 1. The topological polar surface area (TPSA) is 29.1 Å². The molecule has 0 aliphatic carbocycles. The van der Waals surface area contributed by atoms with Crippen LogP contribution in [0.25, 0.3) is 11.6 Å². The molecule has 2 nitrogen and oxygen atoms in total. The molecule has 1 aliphatic heterocycles. The van der Waals surface area contributed by atoms with Gasteiger partial charge in [-0.2, -0.15) is 0 Å². The monoisotopic (exact) mass is 325 g/mol. The van der Waals surface area contributed by atoms with Gasteiger partial charge in [0.25, 0.3) is 5.91 Å². The summed E-state index contributed by atoms with van der Waals surface area (Å²) in [6.45, 7) is 0. The zero-order chi connectivity index (χ0) is 13.9. The molecule has 2 aromatic rings. The van der Waals surface area contributed by atoms with Crippen LogP contribution in [0, 0.1) is 0 Å². The average molecular weight is 326 g/mol. The Morgan fingerprint density at radius 3 is 2.65 bits per heavy atom. The van der Waals surface area contributed by atoms with Crippen molar-refractivity contribution < 1.29 is 4.79 Å². The normalized spacial score (nSPS) is 15.7. The van der Waals surface area contributed by atoms with Crippen LogP contribution in [-0.2, 0) is 4.79 Å². The highest BCUT2D eigenvalue weighted by atomic mass is 79.9. The molecule has 0 unspecified atom stereocenters. The Hall–Kier alpha value is -2.13. The van der Waals surface area contributed by atoms with Crippen molar-refractivity contribution in [1.82, 2.24) is 0 Å². The van der Waals surface area contributed by atoms with Gasteiger partial charge in [0, 0.05) is 21.3 Å². The predicted octanol–water partition coefficient (Wildman–Crippen LogP) is 4.50. The van der Waals surface area contributed by atoms with Gasteiger partial charge in [-0.25, -0.2) is 0 Å². The molecule has 0 aromatic heterocycles.